The van der Waals surface area contributed by atoms with Gasteiger partial charge >= 0.3 is 0 Å². The third kappa shape index (κ3) is 5.13. The van der Waals surface area contributed by atoms with Gasteiger partial charge in [0.15, 0.2) is 0 Å². The Morgan fingerprint density at radius 2 is 1.67 bits per heavy atom. The summed E-state index contributed by atoms with van der Waals surface area (Å²) in [6.07, 6.45) is 6.46. The van der Waals surface area contributed by atoms with E-state index in [0.717, 1.165) is 56.4 Å². The highest BCUT2D eigenvalue weighted by Gasteiger charge is 2.31. The van der Waals surface area contributed by atoms with Crippen LogP contribution in [0.5, 0.6) is 0 Å². The quantitative estimate of drug-likeness (QED) is 0.711. The molecule has 0 spiro atoms. The van der Waals surface area contributed by atoms with Crippen LogP contribution in [0, 0.1) is 5.92 Å². The molecule has 0 aromatic heterocycles. The Balaban J connectivity index is 1.49. The van der Waals surface area contributed by atoms with Crippen molar-refractivity contribution in [2.45, 2.75) is 44.6 Å². The molecule has 0 atom stereocenters. The van der Waals surface area contributed by atoms with Crippen molar-refractivity contribution < 1.29 is 18.0 Å². The standard InChI is InChI=1S/C21H30N4O4S/c1-30(28,29)23-16-8-12-25(13-9-16)21(27)18-7-6-17(22-20(26)15-4-5-15)14-19(18)24-10-2-3-11-24/h6-7,14-16,23H,2-5,8-13H2,1H3,(H,22,26). The van der Waals surface area contributed by atoms with Gasteiger partial charge in [0.25, 0.3) is 5.91 Å². The Morgan fingerprint density at radius 1 is 1.00 bits per heavy atom. The van der Waals surface area contributed by atoms with E-state index in [4.69, 9.17) is 0 Å². The Hall–Kier alpha value is -2.13. The summed E-state index contributed by atoms with van der Waals surface area (Å²) in [4.78, 5) is 29.5. The van der Waals surface area contributed by atoms with Gasteiger partial charge in [0.2, 0.25) is 15.9 Å². The molecule has 2 saturated heterocycles. The Morgan fingerprint density at radius 3 is 2.27 bits per heavy atom. The second-order valence-corrected chi connectivity index (χ2v) is 10.4. The summed E-state index contributed by atoms with van der Waals surface area (Å²) in [5, 5.41) is 2.99. The van der Waals surface area contributed by atoms with Crippen molar-refractivity contribution in [2.24, 2.45) is 5.92 Å². The molecule has 0 bridgehead atoms. The molecular formula is C21H30N4O4S. The van der Waals surface area contributed by atoms with E-state index in [0.29, 0.717) is 31.5 Å². The second-order valence-electron chi connectivity index (χ2n) is 8.65. The number of piperidine rings is 1. The zero-order valence-electron chi connectivity index (χ0n) is 17.4. The number of nitrogens with zero attached hydrogens (tertiary/aromatic N) is 2. The Kier molecular flexibility index (Phi) is 6.02. The molecule has 9 heteroatoms. The van der Waals surface area contributed by atoms with Crippen LogP contribution in [0.2, 0.25) is 0 Å². The van der Waals surface area contributed by atoms with Gasteiger partial charge in [-0.25, -0.2) is 13.1 Å². The summed E-state index contributed by atoms with van der Waals surface area (Å²) in [6.45, 7) is 2.85. The molecule has 8 nitrogen and oxygen atoms in total. The van der Waals surface area contributed by atoms with Gasteiger partial charge in [0, 0.05) is 43.8 Å². The number of carbonyl (C=O) groups is 2. The number of carbonyl (C=O) groups excluding carboxylic acids is 2. The highest BCUT2D eigenvalue weighted by atomic mass is 32.2. The fourth-order valence-electron chi connectivity index (χ4n) is 4.27. The topological polar surface area (TPSA) is 98.8 Å². The SMILES string of the molecule is CS(=O)(=O)NC1CCN(C(=O)c2ccc(NC(=O)C3CC3)cc2N2CCCC2)CC1. The molecule has 1 saturated carbocycles. The minimum atomic E-state index is -3.24. The third-order valence-corrected chi connectivity index (χ3v) is 6.81. The normalized spacial score (nSPS) is 20.4. The van der Waals surface area contributed by atoms with E-state index >= 15 is 0 Å². The van der Waals surface area contributed by atoms with Gasteiger partial charge in [-0.05, 0) is 56.7 Å². The molecule has 164 valence electrons. The van der Waals surface area contributed by atoms with Crippen molar-refractivity contribution in [1.29, 1.82) is 0 Å². The highest BCUT2D eigenvalue weighted by molar-refractivity contribution is 7.88. The molecule has 1 aromatic carbocycles. The fourth-order valence-corrected chi connectivity index (χ4v) is 5.11. The van der Waals surface area contributed by atoms with Crippen LogP contribution in [0.4, 0.5) is 11.4 Å². The van der Waals surface area contributed by atoms with Gasteiger partial charge in [-0.2, -0.15) is 0 Å². The van der Waals surface area contributed by atoms with Crippen molar-refractivity contribution in [3.63, 3.8) is 0 Å². The van der Waals surface area contributed by atoms with E-state index in [1.807, 2.05) is 18.2 Å². The first-order valence-corrected chi connectivity index (χ1v) is 12.7. The van der Waals surface area contributed by atoms with E-state index in [1.54, 1.807) is 4.90 Å². The van der Waals surface area contributed by atoms with Gasteiger partial charge in [0.1, 0.15) is 0 Å². The fraction of sp³-hybridized carbons (Fsp3) is 0.619. The van der Waals surface area contributed by atoms with Crippen LogP contribution in [0.3, 0.4) is 0 Å². The highest BCUT2D eigenvalue weighted by Crippen LogP contribution is 2.33. The predicted octanol–water partition coefficient (Wildman–Crippen LogP) is 1.79. The first kappa shape index (κ1) is 21.1. The number of amides is 2. The lowest BCUT2D eigenvalue weighted by molar-refractivity contribution is -0.117. The van der Waals surface area contributed by atoms with Gasteiger partial charge < -0.3 is 15.1 Å². The summed E-state index contributed by atoms with van der Waals surface area (Å²) in [5.41, 5.74) is 2.26. The number of rotatable bonds is 6. The van der Waals surface area contributed by atoms with Gasteiger partial charge in [-0.1, -0.05) is 0 Å². The maximum absolute atomic E-state index is 13.3. The average molecular weight is 435 g/mol. The van der Waals surface area contributed by atoms with Crippen LogP contribution in [0.1, 0.15) is 48.9 Å². The maximum atomic E-state index is 13.3. The molecular weight excluding hydrogens is 404 g/mol. The summed E-state index contributed by atoms with van der Waals surface area (Å²) in [6, 6.07) is 5.43. The van der Waals surface area contributed by atoms with Crippen molar-refractivity contribution >= 4 is 33.2 Å². The maximum Gasteiger partial charge on any atom is 0.255 e. The van der Waals surface area contributed by atoms with Gasteiger partial charge in [-0.3, -0.25) is 9.59 Å². The molecule has 1 aliphatic carbocycles. The summed E-state index contributed by atoms with van der Waals surface area (Å²) in [7, 11) is -3.24. The number of hydrogen-bond donors (Lipinski definition) is 2. The van der Waals surface area contributed by atoms with E-state index in [9.17, 15) is 18.0 Å². The Bertz CT molecular complexity index is 915. The average Bonchev–Trinajstić information content (AvgIpc) is 3.41. The van der Waals surface area contributed by atoms with Crippen LogP contribution in [-0.4, -0.2) is 63.6 Å². The lowest BCUT2D eigenvalue weighted by Gasteiger charge is -2.33. The van der Waals surface area contributed by atoms with Gasteiger partial charge in [0.05, 0.1) is 17.5 Å². The molecule has 0 unspecified atom stereocenters. The first-order valence-electron chi connectivity index (χ1n) is 10.8. The van der Waals surface area contributed by atoms with Crippen LogP contribution >= 0.6 is 0 Å². The molecule has 1 aromatic rings. The van der Waals surface area contributed by atoms with Crippen molar-refractivity contribution in [3.05, 3.63) is 23.8 Å². The number of nitrogens with one attached hydrogen (secondary N) is 2. The lowest BCUT2D eigenvalue weighted by Crippen LogP contribution is -2.46. The Labute approximate surface area is 178 Å². The van der Waals surface area contributed by atoms with Crippen LogP contribution in [-0.2, 0) is 14.8 Å². The molecule has 0 radical (unpaired) electrons. The molecule has 4 rings (SSSR count). The number of sulfonamides is 1. The van der Waals surface area contributed by atoms with E-state index in [-0.39, 0.29) is 23.8 Å². The van der Waals surface area contributed by atoms with E-state index in [1.165, 1.54) is 0 Å². The van der Waals surface area contributed by atoms with Gasteiger partial charge in [-0.15, -0.1) is 0 Å². The molecule has 3 aliphatic rings. The minimum Gasteiger partial charge on any atom is -0.371 e. The second kappa shape index (κ2) is 8.55. The van der Waals surface area contributed by atoms with Crippen molar-refractivity contribution in [3.8, 4) is 0 Å². The molecule has 2 heterocycles. The van der Waals surface area contributed by atoms with Crippen molar-refractivity contribution in [1.82, 2.24) is 9.62 Å². The van der Waals surface area contributed by atoms with E-state index in [2.05, 4.69) is 14.9 Å². The zero-order chi connectivity index (χ0) is 21.3. The number of anilines is 2. The van der Waals surface area contributed by atoms with E-state index < -0.39 is 10.0 Å². The smallest absolute Gasteiger partial charge is 0.255 e. The number of benzene rings is 1. The van der Waals surface area contributed by atoms with Crippen LogP contribution in [0.25, 0.3) is 0 Å². The summed E-state index contributed by atoms with van der Waals surface area (Å²) in [5.74, 6) is 0.153. The van der Waals surface area contributed by atoms with Crippen molar-refractivity contribution in [2.75, 3.05) is 42.7 Å². The van der Waals surface area contributed by atoms with Crippen LogP contribution < -0.4 is 14.9 Å². The molecule has 2 aliphatic heterocycles. The first-order chi connectivity index (χ1) is 14.3. The summed E-state index contributed by atoms with van der Waals surface area (Å²) < 4.78 is 25.5. The number of hydrogen-bond acceptors (Lipinski definition) is 5. The zero-order valence-corrected chi connectivity index (χ0v) is 18.2. The predicted molar refractivity (Wildman–Crippen MR) is 116 cm³/mol. The minimum absolute atomic E-state index is 0.0326. The molecule has 2 N–H and O–H groups in total. The molecule has 30 heavy (non-hydrogen) atoms. The number of likely N-dealkylation sites (tertiary alicyclic amines) is 1. The molecule has 2 amide bonds. The van der Waals surface area contributed by atoms with Crippen LogP contribution in [0.15, 0.2) is 18.2 Å². The monoisotopic (exact) mass is 434 g/mol. The molecule has 3 fully saturated rings. The third-order valence-electron chi connectivity index (χ3n) is 6.05. The lowest BCUT2D eigenvalue weighted by atomic mass is 10.0. The summed E-state index contributed by atoms with van der Waals surface area (Å²) >= 11 is 0. The largest absolute Gasteiger partial charge is 0.371 e.